The third-order valence-corrected chi connectivity index (χ3v) is 12.2. The molecule has 2 aromatic heterocycles. The van der Waals surface area contributed by atoms with Crippen LogP contribution in [0.2, 0.25) is 0 Å². The molecule has 0 aliphatic rings. The van der Waals surface area contributed by atoms with Crippen molar-refractivity contribution in [2.75, 3.05) is 7.11 Å². The molecule has 4 N–H and O–H groups in total. The summed E-state index contributed by atoms with van der Waals surface area (Å²) in [4.78, 5) is 23.3. The van der Waals surface area contributed by atoms with Crippen molar-refractivity contribution in [3.63, 3.8) is 0 Å². The van der Waals surface area contributed by atoms with Crippen LogP contribution in [0.3, 0.4) is 0 Å². The summed E-state index contributed by atoms with van der Waals surface area (Å²) in [6.07, 6.45) is 2.98. The quantitative estimate of drug-likeness (QED) is 0.0946. The number of aromatic nitrogens is 2. The Balaban J connectivity index is 0.000000337. The van der Waals surface area contributed by atoms with Crippen LogP contribution in [-0.4, -0.2) is 54.1 Å². The number of rotatable bonds is 6. The van der Waals surface area contributed by atoms with E-state index in [0.717, 1.165) is 11.1 Å². The Morgan fingerprint density at radius 3 is 1.31 bits per heavy atom. The van der Waals surface area contributed by atoms with E-state index < -0.39 is 32.0 Å². The van der Waals surface area contributed by atoms with Crippen LogP contribution in [0.4, 0.5) is 0 Å². The van der Waals surface area contributed by atoms with Crippen molar-refractivity contribution >= 4 is 53.8 Å². The first-order valence-electron chi connectivity index (χ1n) is 15.6. The molecule has 0 saturated heterocycles. The van der Waals surface area contributed by atoms with Crippen molar-refractivity contribution in [2.24, 2.45) is 5.84 Å². The van der Waals surface area contributed by atoms with Crippen LogP contribution in [0.5, 0.6) is 0 Å². The molecule has 0 saturated carbocycles. The molecule has 0 fully saturated rings. The van der Waals surface area contributed by atoms with Gasteiger partial charge in [-0.15, -0.1) is 0 Å². The zero-order valence-corrected chi connectivity index (χ0v) is 32.2. The number of carbonyl (C=O) groups is 2. The molecule has 0 bridgehead atoms. The van der Waals surface area contributed by atoms with Gasteiger partial charge in [0.05, 0.1) is 39.1 Å². The molecule has 0 aliphatic carbocycles. The minimum atomic E-state index is -3.76. The Kier molecular flexibility index (Phi) is 15.2. The number of hydrogen-bond donors (Lipinski definition) is 3. The maximum absolute atomic E-state index is 13.2. The van der Waals surface area contributed by atoms with Crippen molar-refractivity contribution in [2.45, 2.75) is 58.8 Å². The molecule has 4 aromatic carbocycles. The molecule has 54 heavy (non-hydrogen) atoms. The predicted octanol–water partition coefficient (Wildman–Crippen LogP) is 4.36. The van der Waals surface area contributed by atoms with Crippen LogP contribution >= 0.6 is 0 Å². The van der Waals surface area contributed by atoms with Gasteiger partial charge in [0.2, 0.25) is 0 Å². The number of carboxylic acid groups (broad SMARTS) is 1. The van der Waals surface area contributed by atoms with Gasteiger partial charge in [0.25, 0.3) is 20.0 Å². The molecular weight excluding hydrogens is 728 g/mol. The summed E-state index contributed by atoms with van der Waals surface area (Å²) in [5.41, 5.74) is 8.32. The van der Waals surface area contributed by atoms with Crippen LogP contribution in [0.25, 0.3) is 27.4 Å². The van der Waals surface area contributed by atoms with E-state index in [2.05, 4.69) is 5.84 Å². The number of fused-ring (bicyclic) bond motifs is 2. The summed E-state index contributed by atoms with van der Waals surface area (Å²) in [7, 11) is -6.19. The Morgan fingerprint density at radius 2 is 0.981 bits per heavy atom. The molecule has 0 unspecified atom stereocenters. The summed E-state index contributed by atoms with van der Waals surface area (Å²) in [5.74, 6) is 2.53. The largest absolute Gasteiger partial charge is 1.00 e. The first-order valence-corrected chi connectivity index (χ1v) is 18.5. The molecule has 0 aliphatic heterocycles. The average Bonchev–Trinajstić information content (AvgIpc) is 3.68. The molecule has 6 rings (SSSR count). The zero-order chi connectivity index (χ0) is 38.7. The Labute approximate surface area is 327 Å². The van der Waals surface area contributed by atoms with Crippen LogP contribution in [0.1, 0.15) is 61.5 Å². The molecule has 16 heteroatoms. The normalized spacial score (nSPS) is 11.0. The number of hydrogen-bond acceptors (Lipinski definition) is 9. The van der Waals surface area contributed by atoms with Crippen molar-refractivity contribution < 1.29 is 60.3 Å². The van der Waals surface area contributed by atoms with Crippen molar-refractivity contribution in [1.82, 2.24) is 7.94 Å². The minimum Gasteiger partial charge on any atom is -0.488 e. The molecule has 282 valence electrons. The number of nitrogens with two attached hydrogens (primary N) is 1. The number of carbonyl (C=O) groups excluding carboxylic acids is 1. The first-order chi connectivity index (χ1) is 24.4. The number of esters is 1. The third-order valence-electron chi connectivity index (χ3n) is 8.22. The second-order valence-electron chi connectivity index (χ2n) is 12.1. The van der Waals surface area contributed by atoms with Crippen LogP contribution in [0.15, 0.2) is 95.0 Å². The summed E-state index contributed by atoms with van der Waals surface area (Å²) >= 11 is 0. The van der Waals surface area contributed by atoms with Gasteiger partial charge >= 0.3 is 30.8 Å². The van der Waals surface area contributed by atoms with E-state index in [1.54, 1.807) is 58.0 Å². The summed E-state index contributed by atoms with van der Waals surface area (Å²) < 4.78 is 59.8. The average molecular weight is 771 g/mol. The first kappa shape index (κ1) is 45.4. The van der Waals surface area contributed by atoms with E-state index in [1.807, 2.05) is 43.7 Å². The molecule has 2 heterocycles. The molecule has 0 atom stereocenters. The molecule has 6 aromatic rings. The smallest absolute Gasteiger partial charge is 0.488 e. The zero-order valence-electron chi connectivity index (χ0n) is 30.6. The van der Waals surface area contributed by atoms with Crippen LogP contribution in [-0.2, 0) is 24.8 Å². The van der Waals surface area contributed by atoms with E-state index in [-0.39, 0.29) is 36.7 Å². The fraction of sp³-hybridized carbons (Fsp3) is 0.211. The Bertz CT molecular complexity index is 2510. The van der Waals surface area contributed by atoms with Gasteiger partial charge < -0.3 is 26.5 Å². The van der Waals surface area contributed by atoms with Crippen molar-refractivity contribution in [1.29, 1.82) is 0 Å². The van der Waals surface area contributed by atoms with Gasteiger partial charge in [-0.25, -0.2) is 34.4 Å². The summed E-state index contributed by atoms with van der Waals surface area (Å²) in [5, 5.41) is 17.3. The molecule has 0 amide bonds. The van der Waals surface area contributed by atoms with Crippen LogP contribution < -0.4 is 24.7 Å². The monoisotopic (exact) mass is 770 g/mol. The number of ether oxygens (including phenoxy) is 1. The van der Waals surface area contributed by atoms with E-state index >= 15 is 0 Å². The van der Waals surface area contributed by atoms with Gasteiger partial charge in [-0.3, -0.25) is 0 Å². The van der Waals surface area contributed by atoms with Gasteiger partial charge in [-0.1, -0.05) is 42.8 Å². The predicted molar refractivity (Wildman–Crippen MR) is 205 cm³/mol. The Hall–Kier alpha value is -4.72. The van der Waals surface area contributed by atoms with Gasteiger partial charge in [0, 0.05) is 23.2 Å². The third kappa shape index (κ3) is 9.14. The number of aromatic carboxylic acids is 1. The maximum atomic E-state index is 13.2. The number of methoxy groups -OCH3 is 1. The van der Waals surface area contributed by atoms with Gasteiger partial charge in [-0.2, -0.15) is 0 Å². The van der Waals surface area contributed by atoms with Crippen molar-refractivity contribution in [3.05, 3.63) is 135 Å². The number of benzene rings is 4. The fourth-order valence-electron chi connectivity index (χ4n) is 6.38. The SMILES string of the molecule is C.COC(=O)c1ccc2c(ccn2S(=O)(=O)c2c(C)cc(C)cc2C)c1.Cc1cc(C)c(S(=O)(=O)n2ccc3cc(C(=O)O)ccc32)c(C)c1.N[N-]O.[Li+]. The number of aryl methyl sites for hydroxylation is 6. The number of nitrogens with zero attached hydrogens (tertiary/aromatic N) is 3. The van der Waals surface area contributed by atoms with Gasteiger partial charge in [-0.05, 0) is 112 Å². The van der Waals surface area contributed by atoms with E-state index in [9.17, 15) is 26.4 Å². The van der Waals surface area contributed by atoms with E-state index in [1.165, 1.54) is 45.6 Å². The van der Waals surface area contributed by atoms with Crippen molar-refractivity contribution in [3.8, 4) is 0 Å². The standard InChI is InChI=1S/C19H19NO4S.C18H17NO4S.CH4.Li.H3N2O/c1-12-9-13(2)18(14(3)10-12)25(22,23)20-8-7-15-11-16(19(21)24-4)5-6-17(15)20;1-11-8-12(2)17(13(3)9-11)24(22,23)19-7-6-14-10-15(18(20)21)4-5-16(14)19;;;1-2-3/h5-11H,1-4H3;4-10H,1-3H3,(H,20,21);1H4;;3H,1H2/q;;;+1;-1. The second kappa shape index (κ2) is 18.1. The maximum Gasteiger partial charge on any atom is 1.00 e. The van der Waals surface area contributed by atoms with Crippen LogP contribution in [0, 0.1) is 41.5 Å². The van der Waals surface area contributed by atoms with Gasteiger partial charge in [0.1, 0.15) is 0 Å². The minimum absolute atomic E-state index is 0. The van der Waals surface area contributed by atoms with E-state index in [4.69, 9.17) is 15.1 Å². The van der Waals surface area contributed by atoms with Gasteiger partial charge in [0.15, 0.2) is 0 Å². The fourth-order valence-corrected chi connectivity index (χ4v) is 9.92. The topological polar surface area (TPSA) is 202 Å². The summed E-state index contributed by atoms with van der Waals surface area (Å²) in [6, 6.07) is 19.9. The molecule has 0 spiro atoms. The Morgan fingerprint density at radius 1 is 0.648 bits per heavy atom. The molecule has 0 radical (unpaired) electrons. The number of carboxylic acids is 1. The molecule has 13 nitrogen and oxygen atoms in total. The molecular formula is C38H43LiN4O9S2. The van der Waals surface area contributed by atoms with E-state index in [0.29, 0.717) is 54.5 Å². The second-order valence-corrected chi connectivity index (χ2v) is 15.7. The summed E-state index contributed by atoms with van der Waals surface area (Å²) in [6.45, 7) is 11.0.